The van der Waals surface area contributed by atoms with Crippen molar-refractivity contribution < 1.29 is 9.53 Å². The van der Waals surface area contributed by atoms with Crippen molar-refractivity contribution in [3.05, 3.63) is 52.7 Å². The zero-order chi connectivity index (χ0) is 18.7. The first-order chi connectivity index (χ1) is 12.5. The smallest absolute Gasteiger partial charge is 0.250 e. The lowest BCUT2D eigenvalue weighted by molar-refractivity contribution is -0.111. The van der Waals surface area contributed by atoms with E-state index >= 15 is 0 Å². The molecule has 26 heavy (non-hydrogen) atoms. The molecule has 0 spiro atoms. The number of ether oxygens (including phenoxy) is 1. The average Bonchev–Trinajstić information content (AvgIpc) is 3.18. The Morgan fingerprint density at radius 3 is 2.62 bits per heavy atom. The molecule has 0 fully saturated rings. The van der Waals surface area contributed by atoms with E-state index in [1.54, 1.807) is 17.9 Å². The Morgan fingerprint density at radius 2 is 2.00 bits per heavy atom. The first-order valence-corrected chi connectivity index (χ1v) is 8.95. The second kappa shape index (κ2) is 7.53. The van der Waals surface area contributed by atoms with Gasteiger partial charge >= 0.3 is 0 Å². The normalized spacial score (nSPS) is 11.1. The summed E-state index contributed by atoms with van der Waals surface area (Å²) in [4.78, 5) is 16.6. The van der Waals surface area contributed by atoms with Gasteiger partial charge in [0.2, 0.25) is 5.91 Å². The van der Waals surface area contributed by atoms with Crippen LogP contribution < -0.4 is 10.1 Å². The number of aryl methyl sites for hydroxylation is 2. The molecule has 1 amide bonds. The maximum absolute atomic E-state index is 12.2. The van der Waals surface area contributed by atoms with Crippen molar-refractivity contribution in [2.75, 3.05) is 12.4 Å². The number of amides is 1. The summed E-state index contributed by atoms with van der Waals surface area (Å²) < 4.78 is 6.96. The molecule has 0 saturated carbocycles. The van der Waals surface area contributed by atoms with Crippen LogP contribution in [0.15, 0.2) is 35.7 Å². The molecule has 0 radical (unpaired) electrons. The van der Waals surface area contributed by atoms with Crippen molar-refractivity contribution in [1.29, 1.82) is 0 Å². The summed E-state index contributed by atoms with van der Waals surface area (Å²) in [6, 6.07) is 7.64. The van der Waals surface area contributed by atoms with Gasteiger partial charge in [-0.2, -0.15) is 5.10 Å². The minimum absolute atomic E-state index is 0.219. The van der Waals surface area contributed by atoms with Gasteiger partial charge in [0.1, 0.15) is 5.75 Å². The summed E-state index contributed by atoms with van der Waals surface area (Å²) in [5.41, 5.74) is 4.66. The predicted octanol–water partition coefficient (Wildman–Crippen LogP) is 3.82. The number of methoxy groups -OCH3 is 1. The van der Waals surface area contributed by atoms with Crippen molar-refractivity contribution >= 4 is 28.5 Å². The van der Waals surface area contributed by atoms with Gasteiger partial charge in [-0.3, -0.25) is 14.8 Å². The Morgan fingerprint density at radius 1 is 1.27 bits per heavy atom. The number of benzene rings is 1. The van der Waals surface area contributed by atoms with Crippen LogP contribution in [0.4, 0.5) is 5.13 Å². The van der Waals surface area contributed by atoms with Gasteiger partial charge in [0.05, 0.1) is 18.5 Å². The maximum atomic E-state index is 12.2. The van der Waals surface area contributed by atoms with E-state index in [9.17, 15) is 4.79 Å². The van der Waals surface area contributed by atoms with Gasteiger partial charge in [0.15, 0.2) is 5.13 Å². The molecule has 0 aliphatic rings. The summed E-state index contributed by atoms with van der Waals surface area (Å²) in [5, 5.41) is 9.61. The monoisotopic (exact) mass is 368 g/mol. The topological polar surface area (TPSA) is 69.0 Å². The molecular weight excluding hydrogens is 348 g/mol. The fourth-order valence-corrected chi connectivity index (χ4v) is 3.29. The Labute approximate surface area is 156 Å². The molecule has 0 unspecified atom stereocenters. The minimum atomic E-state index is -0.219. The van der Waals surface area contributed by atoms with Gasteiger partial charge in [-0.15, -0.1) is 11.3 Å². The highest BCUT2D eigenvalue weighted by Gasteiger charge is 2.09. The second-order valence-corrected chi connectivity index (χ2v) is 6.66. The molecule has 0 aliphatic carbocycles. The minimum Gasteiger partial charge on any atom is -0.497 e. The average molecular weight is 368 g/mol. The van der Waals surface area contributed by atoms with Crippen molar-refractivity contribution in [3.63, 3.8) is 0 Å². The second-order valence-electron chi connectivity index (χ2n) is 5.80. The van der Waals surface area contributed by atoms with Gasteiger partial charge < -0.3 is 4.74 Å². The predicted molar refractivity (Wildman–Crippen MR) is 104 cm³/mol. The first kappa shape index (κ1) is 17.9. The van der Waals surface area contributed by atoms with Gasteiger partial charge in [-0.1, -0.05) is 0 Å². The maximum Gasteiger partial charge on any atom is 0.250 e. The quantitative estimate of drug-likeness (QED) is 0.695. The number of thiazole rings is 1. The van der Waals surface area contributed by atoms with Crippen LogP contribution in [0.5, 0.6) is 5.75 Å². The van der Waals surface area contributed by atoms with E-state index in [1.165, 1.54) is 17.4 Å². The summed E-state index contributed by atoms with van der Waals surface area (Å²) >= 11 is 1.39. The number of aromatic nitrogens is 3. The molecule has 0 atom stereocenters. The number of hydrogen-bond acceptors (Lipinski definition) is 5. The van der Waals surface area contributed by atoms with Gasteiger partial charge in [0.25, 0.3) is 0 Å². The Kier molecular flexibility index (Phi) is 5.18. The van der Waals surface area contributed by atoms with Crippen LogP contribution in [-0.2, 0) is 11.8 Å². The Hall–Kier alpha value is -2.93. The van der Waals surface area contributed by atoms with E-state index in [4.69, 9.17) is 4.74 Å². The molecule has 0 aliphatic heterocycles. The van der Waals surface area contributed by atoms with E-state index in [0.29, 0.717) is 5.13 Å². The molecule has 134 valence electrons. The van der Waals surface area contributed by atoms with Gasteiger partial charge in [-0.25, -0.2) is 4.98 Å². The highest BCUT2D eigenvalue weighted by Crippen LogP contribution is 2.26. The number of anilines is 1. The number of hydrogen-bond donors (Lipinski definition) is 1. The van der Waals surface area contributed by atoms with E-state index in [2.05, 4.69) is 15.4 Å². The van der Waals surface area contributed by atoms with Gasteiger partial charge in [0, 0.05) is 35.3 Å². The van der Waals surface area contributed by atoms with Crippen molar-refractivity contribution in [1.82, 2.24) is 14.8 Å². The lowest BCUT2D eigenvalue weighted by Gasteiger charge is -2.00. The van der Waals surface area contributed by atoms with Crippen LogP contribution in [-0.4, -0.2) is 27.8 Å². The van der Waals surface area contributed by atoms with Crippen LogP contribution in [0.2, 0.25) is 0 Å². The summed E-state index contributed by atoms with van der Waals surface area (Å²) in [6.45, 7) is 3.89. The zero-order valence-electron chi connectivity index (χ0n) is 15.1. The standard InChI is InChI=1S/C19H20N4O2S/c1-12-16(13(2)23(3)22-12)9-10-18(24)21-19-20-17(11-26-19)14-5-7-15(25-4)8-6-14/h5-11H,1-4H3,(H,20,21,24)/b10-9+. The highest BCUT2D eigenvalue weighted by atomic mass is 32.1. The Balaban J connectivity index is 1.68. The molecule has 6 nitrogen and oxygen atoms in total. The van der Waals surface area contributed by atoms with Crippen LogP contribution in [0, 0.1) is 13.8 Å². The lowest BCUT2D eigenvalue weighted by Crippen LogP contribution is -2.07. The van der Waals surface area contributed by atoms with Crippen molar-refractivity contribution in [2.24, 2.45) is 7.05 Å². The van der Waals surface area contributed by atoms with E-state index in [-0.39, 0.29) is 5.91 Å². The largest absolute Gasteiger partial charge is 0.497 e. The molecule has 2 heterocycles. The van der Waals surface area contributed by atoms with E-state index in [0.717, 1.165) is 34.0 Å². The number of nitrogens with one attached hydrogen (secondary N) is 1. The van der Waals surface area contributed by atoms with E-state index in [1.807, 2.05) is 50.5 Å². The highest BCUT2D eigenvalue weighted by molar-refractivity contribution is 7.14. The van der Waals surface area contributed by atoms with Crippen LogP contribution >= 0.6 is 11.3 Å². The van der Waals surface area contributed by atoms with Crippen LogP contribution in [0.25, 0.3) is 17.3 Å². The zero-order valence-corrected chi connectivity index (χ0v) is 15.9. The van der Waals surface area contributed by atoms with Crippen molar-refractivity contribution in [2.45, 2.75) is 13.8 Å². The number of rotatable bonds is 5. The number of carbonyl (C=O) groups excluding carboxylic acids is 1. The fourth-order valence-electron chi connectivity index (χ4n) is 2.56. The van der Waals surface area contributed by atoms with Crippen LogP contribution in [0.3, 0.4) is 0 Å². The Bertz CT molecular complexity index is 955. The van der Waals surface area contributed by atoms with Crippen LogP contribution in [0.1, 0.15) is 17.0 Å². The third kappa shape index (κ3) is 3.83. The molecule has 7 heteroatoms. The SMILES string of the molecule is COc1ccc(-c2csc(NC(=O)/C=C/c3c(C)nn(C)c3C)n2)cc1. The van der Waals surface area contributed by atoms with Crippen molar-refractivity contribution in [3.8, 4) is 17.0 Å². The lowest BCUT2D eigenvalue weighted by atomic mass is 10.2. The third-order valence-electron chi connectivity index (χ3n) is 4.09. The third-order valence-corrected chi connectivity index (χ3v) is 4.84. The molecule has 3 rings (SSSR count). The number of carbonyl (C=O) groups is 1. The summed E-state index contributed by atoms with van der Waals surface area (Å²) in [5.74, 6) is 0.576. The molecule has 3 aromatic rings. The number of nitrogens with zero attached hydrogens (tertiary/aromatic N) is 3. The summed E-state index contributed by atoms with van der Waals surface area (Å²) in [7, 11) is 3.52. The molecule has 0 bridgehead atoms. The molecule has 1 aromatic carbocycles. The van der Waals surface area contributed by atoms with Gasteiger partial charge in [-0.05, 0) is 44.2 Å². The summed E-state index contributed by atoms with van der Waals surface area (Å²) in [6.07, 6.45) is 3.29. The molecule has 1 N–H and O–H groups in total. The molecule has 2 aromatic heterocycles. The molecular formula is C19H20N4O2S. The first-order valence-electron chi connectivity index (χ1n) is 8.07. The van der Waals surface area contributed by atoms with E-state index < -0.39 is 0 Å². The molecule has 0 saturated heterocycles. The fraction of sp³-hybridized carbons (Fsp3) is 0.211.